The van der Waals surface area contributed by atoms with E-state index in [1.807, 2.05) is 24.3 Å². The number of aromatic nitrogens is 3. The number of anilines is 1. The first-order chi connectivity index (χ1) is 11.6. The van der Waals surface area contributed by atoms with Crippen molar-refractivity contribution in [2.75, 3.05) is 5.32 Å². The summed E-state index contributed by atoms with van der Waals surface area (Å²) in [5.74, 6) is -1.58. The summed E-state index contributed by atoms with van der Waals surface area (Å²) in [7, 11) is 0. The predicted molar refractivity (Wildman–Crippen MR) is 87.3 cm³/mol. The summed E-state index contributed by atoms with van der Waals surface area (Å²) < 4.78 is 1.69. The minimum Gasteiger partial charge on any atom is -0.481 e. The van der Waals surface area contributed by atoms with Gasteiger partial charge in [-0.3, -0.25) is 9.59 Å². The molecule has 0 spiro atoms. The number of para-hydroxylation sites is 1. The van der Waals surface area contributed by atoms with Gasteiger partial charge in [-0.2, -0.15) is 5.10 Å². The Morgan fingerprint density at radius 2 is 2.04 bits per heavy atom. The Morgan fingerprint density at radius 1 is 1.25 bits per heavy atom. The number of carboxylic acids is 1. The molecular weight excluding hydrogens is 308 g/mol. The standard InChI is InChI=1S/C17H20N4O3/c22-16(12-5-3-6-13(8-12)17(23)24)20-15-7-2-1-4-14(15)9-21-11-18-10-19-21/h1-2,4,7,10-13H,3,5-6,8-9H2,(H,20,22)(H,23,24). The normalized spacial score (nSPS) is 20.5. The SMILES string of the molecule is O=C(O)C1CCCC(C(=O)Nc2ccccc2Cn2cncn2)C1. The number of aliphatic carboxylic acids is 1. The van der Waals surface area contributed by atoms with Crippen molar-refractivity contribution in [3.8, 4) is 0 Å². The molecule has 0 radical (unpaired) electrons. The molecule has 0 aliphatic heterocycles. The summed E-state index contributed by atoms with van der Waals surface area (Å²) in [5, 5.41) is 16.2. The molecule has 0 saturated heterocycles. The van der Waals surface area contributed by atoms with E-state index >= 15 is 0 Å². The maximum Gasteiger partial charge on any atom is 0.306 e. The molecule has 2 N–H and O–H groups in total. The van der Waals surface area contributed by atoms with Gasteiger partial charge in [0.2, 0.25) is 5.91 Å². The molecule has 1 saturated carbocycles. The van der Waals surface area contributed by atoms with E-state index in [-0.39, 0.29) is 11.8 Å². The quantitative estimate of drug-likeness (QED) is 0.876. The van der Waals surface area contributed by atoms with Crippen molar-refractivity contribution >= 4 is 17.6 Å². The molecule has 2 unspecified atom stereocenters. The van der Waals surface area contributed by atoms with Crippen LogP contribution >= 0.6 is 0 Å². The van der Waals surface area contributed by atoms with E-state index in [1.165, 1.54) is 6.33 Å². The zero-order chi connectivity index (χ0) is 16.9. The molecule has 2 atom stereocenters. The number of nitrogens with one attached hydrogen (secondary N) is 1. The van der Waals surface area contributed by atoms with Crippen molar-refractivity contribution < 1.29 is 14.7 Å². The van der Waals surface area contributed by atoms with Gasteiger partial charge in [-0.25, -0.2) is 9.67 Å². The lowest BCUT2D eigenvalue weighted by molar-refractivity contribution is -0.143. The van der Waals surface area contributed by atoms with Gasteiger partial charge in [0.05, 0.1) is 12.5 Å². The number of nitrogens with zero attached hydrogens (tertiary/aromatic N) is 3. The van der Waals surface area contributed by atoms with Crippen LogP contribution in [0.15, 0.2) is 36.9 Å². The maximum absolute atomic E-state index is 12.6. The van der Waals surface area contributed by atoms with Crippen molar-refractivity contribution in [1.82, 2.24) is 14.8 Å². The summed E-state index contributed by atoms with van der Waals surface area (Å²) in [5.41, 5.74) is 1.66. The van der Waals surface area contributed by atoms with E-state index in [2.05, 4.69) is 15.4 Å². The lowest BCUT2D eigenvalue weighted by Crippen LogP contribution is -2.31. The van der Waals surface area contributed by atoms with E-state index in [1.54, 1.807) is 11.0 Å². The number of carbonyl (C=O) groups excluding carboxylic acids is 1. The maximum atomic E-state index is 12.6. The Morgan fingerprint density at radius 3 is 2.79 bits per heavy atom. The van der Waals surface area contributed by atoms with Crippen LogP contribution in [-0.4, -0.2) is 31.7 Å². The average Bonchev–Trinajstić information content (AvgIpc) is 3.10. The first kappa shape index (κ1) is 16.2. The Balaban J connectivity index is 1.69. The third kappa shape index (κ3) is 3.79. The highest BCUT2D eigenvalue weighted by molar-refractivity contribution is 5.93. The van der Waals surface area contributed by atoms with E-state index in [4.69, 9.17) is 5.11 Å². The first-order valence-electron chi connectivity index (χ1n) is 8.07. The van der Waals surface area contributed by atoms with Crippen LogP contribution in [0.1, 0.15) is 31.2 Å². The van der Waals surface area contributed by atoms with Crippen molar-refractivity contribution in [3.05, 3.63) is 42.5 Å². The summed E-state index contributed by atoms with van der Waals surface area (Å²) in [6, 6.07) is 7.55. The van der Waals surface area contributed by atoms with Crippen LogP contribution in [0.4, 0.5) is 5.69 Å². The fraction of sp³-hybridized carbons (Fsp3) is 0.412. The van der Waals surface area contributed by atoms with E-state index < -0.39 is 11.9 Å². The minimum absolute atomic E-state index is 0.105. The Labute approximate surface area is 139 Å². The lowest BCUT2D eigenvalue weighted by atomic mass is 9.81. The van der Waals surface area contributed by atoms with Gasteiger partial charge in [0.1, 0.15) is 12.7 Å². The zero-order valence-electron chi connectivity index (χ0n) is 13.3. The zero-order valence-corrected chi connectivity index (χ0v) is 13.3. The van der Waals surface area contributed by atoms with Crippen LogP contribution in [0.3, 0.4) is 0 Å². The summed E-state index contributed by atoms with van der Waals surface area (Å²) in [4.78, 5) is 27.6. The molecule has 1 aliphatic rings. The number of hydrogen-bond acceptors (Lipinski definition) is 4. The summed E-state index contributed by atoms with van der Waals surface area (Å²) in [6.45, 7) is 0.513. The van der Waals surface area contributed by atoms with Gasteiger partial charge in [-0.1, -0.05) is 24.6 Å². The van der Waals surface area contributed by atoms with Crippen LogP contribution < -0.4 is 5.32 Å². The molecule has 126 valence electrons. The molecule has 1 aliphatic carbocycles. The number of carbonyl (C=O) groups is 2. The van der Waals surface area contributed by atoms with Gasteiger partial charge in [0.15, 0.2) is 0 Å². The second-order valence-corrected chi connectivity index (χ2v) is 6.14. The van der Waals surface area contributed by atoms with Gasteiger partial charge in [-0.15, -0.1) is 0 Å². The predicted octanol–water partition coefficient (Wildman–Crippen LogP) is 2.16. The number of benzene rings is 1. The molecular formula is C17H20N4O3. The van der Waals surface area contributed by atoms with Crippen molar-refractivity contribution in [1.29, 1.82) is 0 Å². The van der Waals surface area contributed by atoms with E-state index in [9.17, 15) is 9.59 Å². The number of amides is 1. The van der Waals surface area contributed by atoms with E-state index in [0.29, 0.717) is 19.4 Å². The molecule has 1 fully saturated rings. The van der Waals surface area contributed by atoms with Gasteiger partial charge < -0.3 is 10.4 Å². The van der Waals surface area contributed by atoms with Crippen LogP contribution in [0.5, 0.6) is 0 Å². The van der Waals surface area contributed by atoms with Gasteiger partial charge in [0, 0.05) is 11.6 Å². The number of carboxylic acid groups (broad SMARTS) is 1. The third-order valence-electron chi connectivity index (χ3n) is 4.47. The Kier molecular flexibility index (Phi) is 4.88. The second-order valence-electron chi connectivity index (χ2n) is 6.14. The third-order valence-corrected chi connectivity index (χ3v) is 4.47. The average molecular weight is 328 g/mol. The highest BCUT2D eigenvalue weighted by Crippen LogP contribution is 2.30. The molecule has 1 aromatic carbocycles. The highest BCUT2D eigenvalue weighted by Gasteiger charge is 2.31. The molecule has 7 heteroatoms. The van der Waals surface area contributed by atoms with E-state index in [0.717, 1.165) is 24.1 Å². The molecule has 7 nitrogen and oxygen atoms in total. The molecule has 2 aromatic rings. The molecule has 0 bridgehead atoms. The Bertz CT molecular complexity index is 714. The lowest BCUT2D eigenvalue weighted by Gasteiger charge is -2.26. The molecule has 3 rings (SSSR count). The first-order valence-corrected chi connectivity index (χ1v) is 8.07. The fourth-order valence-electron chi connectivity index (χ4n) is 3.16. The highest BCUT2D eigenvalue weighted by atomic mass is 16.4. The molecule has 24 heavy (non-hydrogen) atoms. The molecule has 1 amide bonds. The second kappa shape index (κ2) is 7.25. The van der Waals surface area contributed by atoms with Gasteiger partial charge in [-0.05, 0) is 30.9 Å². The van der Waals surface area contributed by atoms with Crippen molar-refractivity contribution in [3.63, 3.8) is 0 Å². The summed E-state index contributed by atoms with van der Waals surface area (Å²) >= 11 is 0. The molecule has 1 heterocycles. The fourth-order valence-corrected chi connectivity index (χ4v) is 3.16. The van der Waals surface area contributed by atoms with Crippen LogP contribution in [0.2, 0.25) is 0 Å². The number of hydrogen-bond donors (Lipinski definition) is 2. The van der Waals surface area contributed by atoms with Gasteiger partial charge in [0.25, 0.3) is 0 Å². The van der Waals surface area contributed by atoms with Crippen LogP contribution in [0, 0.1) is 11.8 Å². The van der Waals surface area contributed by atoms with Crippen molar-refractivity contribution in [2.24, 2.45) is 11.8 Å². The summed E-state index contributed by atoms with van der Waals surface area (Å²) in [6.07, 6.45) is 5.66. The smallest absolute Gasteiger partial charge is 0.306 e. The molecule has 1 aromatic heterocycles. The van der Waals surface area contributed by atoms with Crippen LogP contribution in [0.25, 0.3) is 0 Å². The number of rotatable bonds is 5. The minimum atomic E-state index is -0.806. The topological polar surface area (TPSA) is 97.1 Å². The van der Waals surface area contributed by atoms with Gasteiger partial charge >= 0.3 is 5.97 Å². The monoisotopic (exact) mass is 328 g/mol. The largest absolute Gasteiger partial charge is 0.481 e. The van der Waals surface area contributed by atoms with Crippen molar-refractivity contribution in [2.45, 2.75) is 32.2 Å². The van der Waals surface area contributed by atoms with Crippen LogP contribution in [-0.2, 0) is 16.1 Å². The Hall–Kier alpha value is -2.70.